The highest BCUT2D eigenvalue weighted by molar-refractivity contribution is 7.93. The predicted molar refractivity (Wildman–Crippen MR) is 113 cm³/mol. The number of anilines is 2. The van der Waals surface area contributed by atoms with Crippen molar-refractivity contribution in [2.75, 3.05) is 16.6 Å². The molecule has 0 bridgehead atoms. The SMILES string of the molecule is Cc1cc(C)c(S(=O)(=O)Nc2nc(-c3ccc4c(c3)NC(=O)CO4)cs2)c(C)c1. The zero-order chi connectivity index (χ0) is 20.8. The Bertz CT molecular complexity index is 1210. The summed E-state index contributed by atoms with van der Waals surface area (Å²) < 4.78 is 33.8. The summed E-state index contributed by atoms with van der Waals surface area (Å²) in [5, 5.41) is 4.79. The normalized spacial score (nSPS) is 13.4. The molecule has 0 radical (unpaired) electrons. The Hall–Kier alpha value is -2.91. The Balaban J connectivity index is 1.62. The lowest BCUT2D eigenvalue weighted by molar-refractivity contribution is -0.118. The average Bonchev–Trinajstić information content (AvgIpc) is 3.07. The molecule has 1 amide bonds. The van der Waals surface area contributed by atoms with Crippen molar-refractivity contribution < 1.29 is 17.9 Å². The lowest BCUT2D eigenvalue weighted by Gasteiger charge is -2.18. The number of aromatic nitrogens is 1. The first-order valence-corrected chi connectivity index (χ1v) is 11.2. The second-order valence-corrected chi connectivity index (χ2v) is 9.40. The van der Waals surface area contributed by atoms with Crippen molar-refractivity contribution in [1.82, 2.24) is 4.98 Å². The van der Waals surface area contributed by atoms with E-state index in [9.17, 15) is 13.2 Å². The molecule has 0 saturated heterocycles. The van der Waals surface area contributed by atoms with E-state index in [1.807, 2.05) is 25.1 Å². The zero-order valence-electron chi connectivity index (χ0n) is 16.1. The molecule has 1 aromatic heterocycles. The zero-order valence-corrected chi connectivity index (χ0v) is 17.7. The minimum atomic E-state index is -3.76. The van der Waals surface area contributed by atoms with Gasteiger partial charge in [-0.05, 0) is 50.1 Å². The second kappa shape index (κ2) is 7.16. The van der Waals surface area contributed by atoms with Gasteiger partial charge >= 0.3 is 0 Å². The molecule has 7 nitrogen and oxygen atoms in total. The van der Waals surface area contributed by atoms with Gasteiger partial charge in [-0.1, -0.05) is 17.7 Å². The number of carbonyl (C=O) groups excluding carboxylic acids is 1. The van der Waals surface area contributed by atoms with Crippen LogP contribution in [-0.2, 0) is 14.8 Å². The summed E-state index contributed by atoms with van der Waals surface area (Å²) in [5.41, 5.74) is 4.32. The number of hydrogen-bond donors (Lipinski definition) is 2. The van der Waals surface area contributed by atoms with E-state index in [1.54, 1.807) is 31.4 Å². The molecule has 1 aliphatic rings. The van der Waals surface area contributed by atoms with Crippen LogP contribution in [0.1, 0.15) is 16.7 Å². The van der Waals surface area contributed by atoms with Gasteiger partial charge in [0.15, 0.2) is 11.7 Å². The maximum atomic E-state index is 12.9. The molecule has 3 aromatic rings. The molecule has 0 aliphatic carbocycles. The van der Waals surface area contributed by atoms with E-state index >= 15 is 0 Å². The summed E-state index contributed by atoms with van der Waals surface area (Å²) in [5.74, 6) is 0.375. The van der Waals surface area contributed by atoms with Crippen molar-refractivity contribution in [3.05, 3.63) is 52.4 Å². The van der Waals surface area contributed by atoms with Gasteiger partial charge in [0, 0.05) is 10.9 Å². The van der Waals surface area contributed by atoms with Crippen molar-refractivity contribution in [3.8, 4) is 17.0 Å². The highest BCUT2D eigenvalue weighted by atomic mass is 32.2. The molecular weight excluding hydrogens is 410 g/mol. The molecule has 0 saturated carbocycles. The van der Waals surface area contributed by atoms with Gasteiger partial charge in [-0.3, -0.25) is 9.52 Å². The van der Waals surface area contributed by atoms with Crippen molar-refractivity contribution in [2.45, 2.75) is 25.7 Å². The van der Waals surface area contributed by atoms with Crippen LogP contribution in [0, 0.1) is 20.8 Å². The topological polar surface area (TPSA) is 97.4 Å². The van der Waals surface area contributed by atoms with Crippen LogP contribution >= 0.6 is 11.3 Å². The molecule has 2 aromatic carbocycles. The maximum Gasteiger partial charge on any atom is 0.264 e. The third-order valence-electron chi connectivity index (χ3n) is 4.51. The standard InChI is InChI=1S/C20H19N3O4S2/c1-11-6-12(2)19(13(3)7-11)29(25,26)23-20-22-16(10-28-20)14-4-5-17-15(8-14)21-18(24)9-27-17/h4-8,10H,9H2,1-3H3,(H,21,24)(H,22,23). The summed E-state index contributed by atoms with van der Waals surface area (Å²) in [7, 11) is -3.76. The van der Waals surface area contributed by atoms with E-state index in [0.29, 0.717) is 28.3 Å². The first-order valence-electron chi connectivity index (χ1n) is 8.86. The molecule has 150 valence electrons. The maximum absolute atomic E-state index is 12.9. The van der Waals surface area contributed by atoms with Crippen molar-refractivity contribution in [1.29, 1.82) is 0 Å². The second-order valence-electron chi connectivity index (χ2n) is 6.92. The molecule has 0 spiro atoms. The molecule has 0 atom stereocenters. The lowest BCUT2D eigenvalue weighted by atomic mass is 10.1. The van der Waals surface area contributed by atoms with Crippen LogP contribution in [0.5, 0.6) is 5.75 Å². The van der Waals surface area contributed by atoms with Gasteiger partial charge in [0.25, 0.3) is 15.9 Å². The third-order valence-corrected chi connectivity index (χ3v) is 7.04. The number of amides is 1. The molecule has 4 rings (SSSR count). The van der Waals surface area contributed by atoms with Crippen LogP contribution in [0.3, 0.4) is 0 Å². The summed E-state index contributed by atoms with van der Waals surface area (Å²) in [4.78, 5) is 16.2. The van der Waals surface area contributed by atoms with Gasteiger partial charge in [-0.2, -0.15) is 0 Å². The first kappa shape index (κ1) is 19.4. The van der Waals surface area contributed by atoms with Crippen molar-refractivity contribution in [2.24, 2.45) is 0 Å². The Kier molecular flexibility index (Phi) is 4.79. The number of fused-ring (bicyclic) bond motifs is 1. The summed E-state index contributed by atoms with van der Waals surface area (Å²) >= 11 is 1.20. The minimum absolute atomic E-state index is 0.00712. The number of benzene rings is 2. The number of sulfonamides is 1. The third kappa shape index (κ3) is 3.83. The van der Waals surface area contributed by atoms with Gasteiger partial charge in [0.05, 0.1) is 16.3 Å². The number of thiazole rings is 1. The van der Waals surface area contributed by atoms with Crippen LogP contribution in [-0.4, -0.2) is 25.9 Å². The summed E-state index contributed by atoms with van der Waals surface area (Å²) in [6, 6.07) is 9.02. The van der Waals surface area contributed by atoms with E-state index in [4.69, 9.17) is 4.74 Å². The molecule has 9 heteroatoms. The minimum Gasteiger partial charge on any atom is -0.482 e. The van der Waals surface area contributed by atoms with Crippen molar-refractivity contribution in [3.63, 3.8) is 0 Å². The van der Waals surface area contributed by atoms with E-state index < -0.39 is 10.0 Å². The average molecular weight is 430 g/mol. The van der Waals surface area contributed by atoms with Gasteiger partial charge in [-0.15, -0.1) is 11.3 Å². The number of hydrogen-bond acceptors (Lipinski definition) is 6. The first-order chi connectivity index (χ1) is 13.7. The van der Waals surface area contributed by atoms with Crippen LogP contribution in [0.15, 0.2) is 40.6 Å². The van der Waals surface area contributed by atoms with E-state index in [1.165, 1.54) is 11.3 Å². The van der Waals surface area contributed by atoms with Gasteiger partial charge in [0.1, 0.15) is 5.75 Å². The molecular formula is C20H19N3O4S2. The number of rotatable bonds is 4. The highest BCUT2D eigenvalue weighted by Gasteiger charge is 2.22. The van der Waals surface area contributed by atoms with Gasteiger partial charge < -0.3 is 10.1 Å². The fourth-order valence-corrected chi connectivity index (χ4v) is 5.88. The Morgan fingerprint density at radius 3 is 2.59 bits per heavy atom. The smallest absolute Gasteiger partial charge is 0.264 e. The number of nitrogens with zero attached hydrogens (tertiary/aromatic N) is 1. The number of ether oxygens (including phenoxy) is 1. The molecule has 29 heavy (non-hydrogen) atoms. The molecule has 0 fully saturated rings. The molecule has 2 N–H and O–H groups in total. The lowest BCUT2D eigenvalue weighted by Crippen LogP contribution is -2.25. The van der Waals surface area contributed by atoms with Crippen LogP contribution in [0.4, 0.5) is 10.8 Å². The summed E-state index contributed by atoms with van der Waals surface area (Å²) in [6.45, 7) is 5.49. The number of aryl methyl sites for hydroxylation is 3. The Labute approximate surface area is 172 Å². The van der Waals surface area contributed by atoms with Crippen LogP contribution < -0.4 is 14.8 Å². The van der Waals surface area contributed by atoms with Crippen LogP contribution in [0.2, 0.25) is 0 Å². The Morgan fingerprint density at radius 1 is 1.14 bits per heavy atom. The largest absolute Gasteiger partial charge is 0.482 e. The fourth-order valence-electron chi connectivity index (χ4n) is 3.45. The fraction of sp³-hybridized carbons (Fsp3) is 0.200. The van der Waals surface area contributed by atoms with E-state index in [0.717, 1.165) is 11.1 Å². The Morgan fingerprint density at radius 2 is 1.86 bits per heavy atom. The molecule has 0 unspecified atom stereocenters. The van der Waals surface area contributed by atoms with Crippen molar-refractivity contribution >= 4 is 38.1 Å². The quantitative estimate of drug-likeness (QED) is 0.656. The number of nitrogens with one attached hydrogen (secondary N) is 2. The molecule has 2 heterocycles. The van der Waals surface area contributed by atoms with Crippen LogP contribution in [0.25, 0.3) is 11.3 Å². The number of carbonyl (C=O) groups is 1. The predicted octanol–water partition coefficient (Wildman–Crippen LogP) is 3.87. The van der Waals surface area contributed by atoms with Gasteiger partial charge in [-0.25, -0.2) is 13.4 Å². The van der Waals surface area contributed by atoms with Gasteiger partial charge in [0.2, 0.25) is 0 Å². The van der Waals surface area contributed by atoms with E-state index in [2.05, 4.69) is 15.0 Å². The monoisotopic (exact) mass is 429 g/mol. The summed E-state index contributed by atoms with van der Waals surface area (Å²) in [6.07, 6.45) is 0. The van der Waals surface area contributed by atoms with E-state index in [-0.39, 0.29) is 22.5 Å². The molecule has 1 aliphatic heterocycles. The highest BCUT2D eigenvalue weighted by Crippen LogP contribution is 2.34.